The highest BCUT2D eigenvalue weighted by Crippen LogP contribution is 2.26. The number of aliphatic hydroxyl groups is 1. The number of hydrogen-bond acceptors (Lipinski definition) is 4. The molecule has 1 aliphatic rings. The molecule has 1 N–H and O–H groups in total. The zero-order chi connectivity index (χ0) is 14.8. The van der Waals surface area contributed by atoms with E-state index in [0.29, 0.717) is 24.4 Å². The summed E-state index contributed by atoms with van der Waals surface area (Å²) < 4.78 is 5.93. The maximum absolute atomic E-state index is 12.3. The molecule has 0 aromatic heterocycles. The molecule has 1 atom stereocenters. The van der Waals surface area contributed by atoms with Crippen LogP contribution in [0, 0.1) is 0 Å². The third-order valence-electron chi connectivity index (χ3n) is 3.59. The number of β-amino-alcohol motifs (C(OH)–C–C–N with tert-alkyl or cyclic N) is 1. The molecule has 0 saturated carbocycles. The molecule has 1 fully saturated rings. The lowest BCUT2D eigenvalue weighted by Gasteiger charge is -2.36. The highest BCUT2D eigenvalue weighted by molar-refractivity contribution is 9.10. The molecule has 0 radical (unpaired) electrons. The minimum atomic E-state index is -0.682. The molecule has 0 amide bonds. The molecule has 1 unspecified atom stereocenters. The number of carbonyl (C=O) groups is 1. The minimum Gasteiger partial charge on any atom is -0.496 e. The van der Waals surface area contributed by atoms with Crippen LogP contribution in [0.1, 0.15) is 30.1 Å². The van der Waals surface area contributed by atoms with E-state index >= 15 is 0 Å². The standard InChI is InChI=1S/C15H20BrNO3/c1-15(19)6-3-7-17(10-15)9-13(18)11-4-5-14(20-2)12(16)8-11/h4-5,8,19H,3,6-7,9-10H2,1-2H3. The van der Waals surface area contributed by atoms with Crippen LogP contribution in [0.15, 0.2) is 22.7 Å². The van der Waals surface area contributed by atoms with Crippen molar-refractivity contribution in [3.8, 4) is 5.75 Å². The molecule has 1 aliphatic heterocycles. The number of ether oxygens (including phenoxy) is 1. The number of Topliss-reactive ketones (excluding diaryl/α,β-unsaturated/α-hetero) is 1. The molecule has 1 aromatic carbocycles. The van der Waals surface area contributed by atoms with E-state index in [-0.39, 0.29) is 5.78 Å². The fourth-order valence-electron chi connectivity index (χ4n) is 2.59. The van der Waals surface area contributed by atoms with Crippen molar-refractivity contribution in [2.75, 3.05) is 26.7 Å². The van der Waals surface area contributed by atoms with Gasteiger partial charge in [0.25, 0.3) is 0 Å². The lowest BCUT2D eigenvalue weighted by atomic mass is 9.95. The highest BCUT2D eigenvalue weighted by atomic mass is 79.9. The van der Waals surface area contributed by atoms with Crippen LogP contribution in [0.3, 0.4) is 0 Å². The molecule has 1 aromatic rings. The Kier molecular flexibility index (Phi) is 4.83. The van der Waals surface area contributed by atoms with Crippen molar-refractivity contribution in [1.82, 2.24) is 4.90 Å². The zero-order valence-electron chi connectivity index (χ0n) is 11.9. The average Bonchev–Trinajstić information content (AvgIpc) is 2.37. The molecular formula is C15H20BrNO3. The van der Waals surface area contributed by atoms with Crippen LogP contribution in [-0.4, -0.2) is 48.1 Å². The second-order valence-electron chi connectivity index (χ2n) is 5.58. The topological polar surface area (TPSA) is 49.8 Å². The first-order valence-electron chi connectivity index (χ1n) is 6.73. The van der Waals surface area contributed by atoms with Crippen molar-refractivity contribution >= 4 is 21.7 Å². The third-order valence-corrected chi connectivity index (χ3v) is 4.21. The van der Waals surface area contributed by atoms with Crippen LogP contribution in [0.5, 0.6) is 5.75 Å². The van der Waals surface area contributed by atoms with Gasteiger partial charge in [-0.1, -0.05) is 0 Å². The Bertz CT molecular complexity index is 502. The van der Waals surface area contributed by atoms with E-state index in [2.05, 4.69) is 15.9 Å². The predicted molar refractivity (Wildman–Crippen MR) is 81.3 cm³/mol. The molecule has 110 valence electrons. The summed E-state index contributed by atoms with van der Waals surface area (Å²) in [6.45, 7) is 3.58. The quantitative estimate of drug-likeness (QED) is 0.855. The van der Waals surface area contributed by atoms with Crippen molar-refractivity contribution in [1.29, 1.82) is 0 Å². The number of methoxy groups -OCH3 is 1. The molecule has 1 saturated heterocycles. The van der Waals surface area contributed by atoms with Gasteiger partial charge in [0.05, 0.1) is 23.7 Å². The number of hydrogen-bond donors (Lipinski definition) is 1. The number of likely N-dealkylation sites (tertiary alicyclic amines) is 1. The van der Waals surface area contributed by atoms with Crippen LogP contribution in [0.25, 0.3) is 0 Å². The van der Waals surface area contributed by atoms with E-state index in [1.807, 2.05) is 11.8 Å². The first kappa shape index (κ1) is 15.5. The maximum Gasteiger partial charge on any atom is 0.176 e. The van der Waals surface area contributed by atoms with Crippen LogP contribution >= 0.6 is 15.9 Å². The van der Waals surface area contributed by atoms with Gasteiger partial charge in [-0.2, -0.15) is 0 Å². The SMILES string of the molecule is COc1ccc(C(=O)CN2CCCC(C)(O)C2)cc1Br. The first-order chi connectivity index (χ1) is 9.41. The van der Waals surface area contributed by atoms with Gasteiger partial charge in [0.2, 0.25) is 0 Å². The van der Waals surface area contributed by atoms with Gasteiger partial charge in [0.1, 0.15) is 5.75 Å². The molecule has 2 rings (SSSR count). The van der Waals surface area contributed by atoms with Crippen LogP contribution in [0.4, 0.5) is 0 Å². The summed E-state index contributed by atoms with van der Waals surface area (Å²) in [6.07, 6.45) is 1.72. The number of ketones is 1. The molecule has 0 spiro atoms. The van der Waals surface area contributed by atoms with Gasteiger partial charge in [-0.25, -0.2) is 0 Å². The third kappa shape index (κ3) is 3.81. The second-order valence-corrected chi connectivity index (χ2v) is 6.44. The molecule has 5 heteroatoms. The van der Waals surface area contributed by atoms with Crippen molar-refractivity contribution in [2.45, 2.75) is 25.4 Å². The second kappa shape index (κ2) is 6.24. The highest BCUT2D eigenvalue weighted by Gasteiger charge is 2.29. The van der Waals surface area contributed by atoms with E-state index in [1.165, 1.54) is 0 Å². The van der Waals surface area contributed by atoms with Gasteiger partial charge < -0.3 is 9.84 Å². The van der Waals surface area contributed by atoms with Crippen molar-refractivity contribution < 1.29 is 14.6 Å². The average molecular weight is 342 g/mol. The summed E-state index contributed by atoms with van der Waals surface area (Å²) in [6, 6.07) is 5.33. The number of rotatable bonds is 4. The van der Waals surface area contributed by atoms with Gasteiger partial charge in [-0.15, -0.1) is 0 Å². The van der Waals surface area contributed by atoms with E-state index < -0.39 is 5.60 Å². The molecule has 20 heavy (non-hydrogen) atoms. The fraction of sp³-hybridized carbons (Fsp3) is 0.533. The summed E-state index contributed by atoms with van der Waals surface area (Å²) in [4.78, 5) is 14.3. The number of benzene rings is 1. The van der Waals surface area contributed by atoms with Gasteiger partial charge in [0, 0.05) is 12.1 Å². The number of nitrogens with zero attached hydrogens (tertiary/aromatic N) is 1. The number of carbonyl (C=O) groups excluding carboxylic acids is 1. The van der Waals surface area contributed by atoms with E-state index in [4.69, 9.17) is 4.74 Å². The summed E-state index contributed by atoms with van der Waals surface area (Å²) in [5, 5.41) is 10.1. The maximum atomic E-state index is 12.3. The van der Waals surface area contributed by atoms with Gasteiger partial charge in [-0.05, 0) is 60.4 Å². The molecule has 0 aliphatic carbocycles. The lowest BCUT2D eigenvalue weighted by Crippen LogP contribution is -2.47. The zero-order valence-corrected chi connectivity index (χ0v) is 13.4. The Hall–Kier alpha value is -0.910. The Balaban J connectivity index is 2.03. The Morgan fingerprint density at radius 3 is 2.90 bits per heavy atom. The molecule has 0 bridgehead atoms. The number of halogens is 1. The van der Waals surface area contributed by atoms with Gasteiger partial charge >= 0.3 is 0 Å². The Morgan fingerprint density at radius 1 is 1.55 bits per heavy atom. The van der Waals surface area contributed by atoms with Crippen LogP contribution in [-0.2, 0) is 0 Å². The Labute approximate surface area is 127 Å². The largest absolute Gasteiger partial charge is 0.496 e. The summed E-state index contributed by atoms with van der Waals surface area (Å²) in [5.41, 5.74) is -0.0261. The molecule has 1 heterocycles. The smallest absolute Gasteiger partial charge is 0.176 e. The van der Waals surface area contributed by atoms with Crippen molar-refractivity contribution in [3.63, 3.8) is 0 Å². The van der Waals surface area contributed by atoms with Crippen molar-refractivity contribution in [3.05, 3.63) is 28.2 Å². The van der Waals surface area contributed by atoms with Crippen LogP contribution < -0.4 is 4.74 Å². The normalized spacial score (nSPS) is 23.6. The monoisotopic (exact) mass is 341 g/mol. The fourth-order valence-corrected chi connectivity index (χ4v) is 3.13. The Morgan fingerprint density at radius 2 is 2.30 bits per heavy atom. The van der Waals surface area contributed by atoms with E-state index in [1.54, 1.807) is 25.3 Å². The summed E-state index contributed by atoms with van der Waals surface area (Å²) >= 11 is 3.39. The first-order valence-corrected chi connectivity index (χ1v) is 7.52. The molecule has 4 nitrogen and oxygen atoms in total. The predicted octanol–water partition coefficient (Wildman–Crippen LogP) is 2.49. The molecular weight excluding hydrogens is 322 g/mol. The lowest BCUT2D eigenvalue weighted by molar-refractivity contribution is -0.0132. The van der Waals surface area contributed by atoms with Gasteiger partial charge in [0.15, 0.2) is 5.78 Å². The van der Waals surface area contributed by atoms with Crippen molar-refractivity contribution in [2.24, 2.45) is 0 Å². The minimum absolute atomic E-state index is 0.0612. The van der Waals surface area contributed by atoms with Crippen LogP contribution in [0.2, 0.25) is 0 Å². The van der Waals surface area contributed by atoms with Gasteiger partial charge in [-0.3, -0.25) is 9.69 Å². The number of piperidine rings is 1. The van der Waals surface area contributed by atoms with E-state index in [9.17, 15) is 9.90 Å². The summed E-state index contributed by atoms with van der Waals surface area (Å²) in [5.74, 6) is 0.772. The summed E-state index contributed by atoms with van der Waals surface area (Å²) in [7, 11) is 1.59. The van der Waals surface area contributed by atoms with E-state index in [0.717, 1.165) is 23.9 Å².